The second-order valence-electron chi connectivity index (χ2n) is 7.09. The van der Waals surface area contributed by atoms with Crippen LogP contribution in [0, 0.1) is 5.41 Å². The molecule has 3 heterocycles. The van der Waals surface area contributed by atoms with Crippen molar-refractivity contribution in [3.63, 3.8) is 0 Å². The second kappa shape index (κ2) is 5.23. The van der Waals surface area contributed by atoms with Crippen molar-refractivity contribution >= 4 is 5.95 Å². The van der Waals surface area contributed by atoms with Crippen LogP contribution < -0.4 is 4.90 Å². The van der Waals surface area contributed by atoms with E-state index in [0.29, 0.717) is 5.41 Å². The predicted molar refractivity (Wildman–Crippen MR) is 79.2 cm³/mol. The molecule has 3 aliphatic rings. The van der Waals surface area contributed by atoms with Crippen LogP contribution in [0.1, 0.15) is 57.9 Å². The molecule has 0 aromatic carbocycles. The standard InChI is InChI=1S/C15H25N5O/c1-12-13(5-10-21-12)20-14(16-17-18-20)19-9-4-8-15(11-19)6-2-3-7-15/h12-13H,2-11H2,1H3/t12-,13-/m1/s1. The third-order valence-corrected chi connectivity index (χ3v) is 5.73. The number of piperidine rings is 1. The summed E-state index contributed by atoms with van der Waals surface area (Å²) in [5, 5.41) is 12.6. The zero-order valence-electron chi connectivity index (χ0n) is 12.9. The van der Waals surface area contributed by atoms with Gasteiger partial charge in [-0.3, -0.25) is 0 Å². The van der Waals surface area contributed by atoms with Crippen molar-refractivity contribution in [2.75, 3.05) is 24.6 Å². The van der Waals surface area contributed by atoms with Crippen LogP contribution in [-0.2, 0) is 4.74 Å². The smallest absolute Gasteiger partial charge is 0.245 e. The van der Waals surface area contributed by atoms with Gasteiger partial charge in [-0.1, -0.05) is 17.9 Å². The summed E-state index contributed by atoms with van der Waals surface area (Å²) < 4.78 is 7.71. The highest BCUT2D eigenvalue weighted by molar-refractivity contribution is 5.31. The largest absolute Gasteiger partial charge is 0.376 e. The Hall–Kier alpha value is -1.17. The Morgan fingerprint density at radius 3 is 2.76 bits per heavy atom. The van der Waals surface area contributed by atoms with Gasteiger partial charge in [0.25, 0.3) is 0 Å². The van der Waals surface area contributed by atoms with Gasteiger partial charge in [-0.05, 0) is 54.9 Å². The first-order valence-corrected chi connectivity index (χ1v) is 8.42. The van der Waals surface area contributed by atoms with Crippen LogP contribution in [0.2, 0.25) is 0 Å². The van der Waals surface area contributed by atoms with E-state index >= 15 is 0 Å². The van der Waals surface area contributed by atoms with Crippen LogP contribution in [0.5, 0.6) is 0 Å². The Balaban J connectivity index is 1.57. The van der Waals surface area contributed by atoms with Crippen molar-refractivity contribution < 1.29 is 4.74 Å². The Morgan fingerprint density at radius 1 is 1.19 bits per heavy atom. The summed E-state index contributed by atoms with van der Waals surface area (Å²) in [6.07, 6.45) is 9.42. The molecular formula is C15H25N5O. The molecule has 2 saturated heterocycles. The fraction of sp³-hybridized carbons (Fsp3) is 0.933. The lowest BCUT2D eigenvalue weighted by Gasteiger charge is -2.40. The Morgan fingerprint density at radius 2 is 2.00 bits per heavy atom. The molecule has 6 nitrogen and oxygen atoms in total. The maximum Gasteiger partial charge on any atom is 0.245 e. The molecule has 3 fully saturated rings. The van der Waals surface area contributed by atoms with Crippen LogP contribution >= 0.6 is 0 Å². The molecule has 2 aliphatic heterocycles. The van der Waals surface area contributed by atoms with Crippen molar-refractivity contribution in [2.24, 2.45) is 5.41 Å². The molecule has 1 aromatic heterocycles. The first-order valence-electron chi connectivity index (χ1n) is 8.42. The molecule has 1 spiro atoms. The molecule has 2 atom stereocenters. The van der Waals surface area contributed by atoms with E-state index in [1.807, 2.05) is 4.68 Å². The zero-order chi connectivity index (χ0) is 14.3. The molecule has 1 saturated carbocycles. The van der Waals surface area contributed by atoms with Crippen LogP contribution in [0.3, 0.4) is 0 Å². The molecule has 0 N–H and O–H groups in total. The summed E-state index contributed by atoms with van der Waals surface area (Å²) in [7, 11) is 0. The number of hydrogen-bond acceptors (Lipinski definition) is 5. The van der Waals surface area contributed by atoms with Crippen molar-refractivity contribution in [3.8, 4) is 0 Å². The molecular weight excluding hydrogens is 266 g/mol. The summed E-state index contributed by atoms with van der Waals surface area (Å²) in [5.41, 5.74) is 0.535. The first kappa shape index (κ1) is 13.5. The quantitative estimate of drug-likeness (QED) is 0.836. The van der Waals surface area contributed by atoms with E-state index in [0.717, 1.165) is 32.1 Å². The number of tetrazole rings is 1. The molecule has 1 aliphatic carbocycles. The Bertz CT molecular complexity index is 496. The van der Waals surface area contributed by atoms with Crippen molar-refractivity contribution in [1.29, 1.82) is 0 Å². The molecule has 6 heteroatoms. The summed E-state index contributed by atoms with van der Waals surface area (Å²) in [5.74, 6) is 0.961. The maximum atomic E-state index is 5.69. The Kier molecular flexibility index (Phi) is 3.36. The van der Waals surface area contributed by atoms with E-state index < -0.39 is 0 Å². The molecule has 0 bridgehead atoms. The van der Waals surface area contributed by atoms with Gasteiger partial charge in [0.05, 0.1) is 12.1 Å². The lowest BCUT2D eigenvalue weighted by molar-refractivity contribution is 0.105. The highest BCUT2D eigenvalue weighted by atomic mass is 16.5. The molecule has 116 valence electrons. The maximum absolute atomic E-state index is 5.69. The van der Waals surface area contributed by atoms with Gasteiger partial charge in [-0.15, -0.1) is 0 Å². The molecule has 0 radical (unpaired) electrons. The molecule has 21 heavy (non-hydrogen) atoms. The van der Waals surface area contributed by atoms with Crippen molar-refractivity contribution in [1.82, 2.24) is 20.2 Å². The van der Waals surface area contributed by atoms with E-state index in [1.54, 1.807) is 0 Å². The predicted octanol–water partition coefficient (Wildman–Crippen LogP) is 2.18. The monoisotopic (exact) mass is 291 g/mol. The highest BCUT2D eigenvalue weighted by Crippen LogP contribution is 2.45. The minimum absolute atomic E-state index is 0.206. The summed E-state index contributed by atoms with van der Waals surface area (Å²) in [6, 6.07) is 0.288. The zero-order valence-corrected chi connectivity index (χ0v) is 12.9. The fourth-order valence-electron chi connectivity index (χ4n) is 4.57. The molecule has 0 amide bonds. The number of ether oxygens (including phenoxy) is 1. The van der Waals surface area contributed by atoms with Gasteiger partial charge in [0.1, 0.15) is 0 Å². The topological polar surface area (TPSA) is 56.1 Å². The SMILES string of the molecule is C[C@H]1OCC[C@H]1n1nnnc1N1CCCC2(CCCC2)C1. The van der Waals surface area contributed by atoms with E-state index in [2.05, 4.69) is 27.3 Å². The number of aromatic nitrogens is 4. The van der Waals surface area contributed by atoms with E-state index in [4.69, 9.17) is 4.74 Å². The minimum atomic E-state index is 0.206. The second-order valence-corrected chi connectivity index (χ2v) is 7.09. The first-order chi connectivity index (χ1) is 10.3. The third-order valence-electron chi connectivity index (χ3n) is 5.73. The average molecular weight is 291 g/mol. The normalized spacial score (nSPS) is 32.1. The van der Waals surface area contributed by atoms with Crippen LogP contribution in [-0.4, -0.2) is 46.0 Å². The number of hydrogen-bond donors (Lipinski definition) is 0. The van der Waals surface area contributed by atoms with E-state index in [-0.39, 0.29) is 12.1 Å². The lowest BCUT2D eigenvalue weighted by atomic mass is 9.78. The van der Waals surface area contributed by atoms with Gasteiger partial charge in [0.2, 0.25) is 5.95 Å². The third kappa shape index (κ3) is 2.33. The number of nitrogens with zero attached hydrogens (tertiary/aromatic N) is 5. The van der Waals surface area contributed by atoms with Crippen LogP contribution in [0.25, 0.3) is 0 Å². The van der Waals surface area contributed by atoms with Crippen molar-refractivity contribution in [3.05, 3.63) is 0 Å². The summed E-state index contributed by atoms with van der Waals surface area (Å²) in [4.78, 5) is 2.43. The van der Waals surface area contributed by atoms with Gasteiger partial charge in [-0.2, -0.15) is 0 Å². The van der Waals surface area contributed by atoms with Crippen LogP contribution in [0.15, 0.2) is 0 Å². The fourth-order valence-corrected chi connectivity index (χ4v) is 4.57. The molecule has 0 unspecified atom stereocenters. The van der Waals surface area contributed by atoms with Gasteiger partial charge < -0.3 is 9.64 Å². The number of anilines is 1. The molecule has 1 aromatic rings. The van der Waals surface area contributed by atoms with E-state index in [9.17, 15) is 0 Å². The highest BCUT2D eigenvalue weighted by Gasteiger charge is 2.40. The van der Waals surface area contributed by atoms with Gasteiger partial charge in [-0.25, -0.2) is 4.68 Å². The average Bonchev–Trinajstić information content (AvgIpc) is 3.20. The van der Waals surface area contributed by atoms with E-state index in [1.165, 1.54) is 38.5 Å². The van der Waals surface area contributed by atoms with Crippen LogP contribution in [0.4, 0.5) is 5.95 Å². The van der Waals surface area contributed by atoms with Crippen molar-refractivity contribution in [2.45, 2.75) is 64.0 Å². The molecule has 4 rings (SSSR count). The number of rotatable bonds is 2. The van der Waals surface area contributed by atoms with Gasteiger partial charge in [0, 0.05) is 19.7 Å². The van der Waals surface area contributed by atoms with Gasteiger partial charge >= 0.3 is 0 Å². The summed E-state index contributed by atoms with van der Waals surface area (Å²) in [6.45, 7) is 5.16. The van der Waals surface area contributed by atoms with Gasteiger partial charge in [0.15, 0.2) is 0 Å². The Labute approximate surface area is 125 Å². The lowest BCUT2D eigenvalue weighted by Crippen LogP contribution is -2.43. The minimum Gasteiger partial charge on any atom is -0.376 e. The summed E-state index contributed by atoms with van der Waals surface area (Å²) >= 11 is 0.